The zero-order valence-electron chi connectivity index (χ0n) is 21.0. The third kappa shape index (κ3) is 4.55. The maximum atomic E-state index is 11.6. The predicted molar refractivity (Wildman–Crippen MR) is 143 cm³/mol. The van der Waals surface area contributed by atoms with Crippen LogP contribution in [0.1, 0.15) is 24.0 Å². The number of nitrogens with two attached hydrogens (primary N) is 1. The Morgan fingerprint density at radius 3 is 2.22 bits per heavy atom. The summed E-state index contributed by atoms with van der Waals surface area (Å²) in [5.41, 5.74) is 9.70. The highest BCUT2D eigenvalue weighted by Gasteiger charge is 2.41. The van der Waals surface area contributed by atoms with Gasteiger partial charge in [-0.2, -0.15) is 0 Å². The lowest BCUT2D eigenvalue weighted by Crippen LogP contribution is -2.38. The van der Waals surface area contributed by atoms with Crippen molar-refractivity contribution in [1.82, 2.24) is 19.5 Å². The molecule has 1 aliphatic rings. The maximum absolute atomic E-state index is 11.6. The first-order valence-electron chi connectivity index (χ1n) is 12.2. The van der Waals surface area contributed by atoms with Crippen LogP contribution in [-0.2, 0) is 21.4 Å². The molecule has 0 aliphatic heterocycles. The van der Waals surface area contributed by atoms with Gasteiger partial charge in [0.15, 0.2) is 17.3 Å². The Labute approximate surface area is 216 Å². The normalized spacial score (nSPS) is 16.0. The third-order valence-corrected chi connectivity index (χ3v) is 7.22. The van der Waals surface area contributed by atoms with Gasteiger partial charge in [-0.05, 0) is 29.2 Å². The lowest BCUT2D eigenvalue weighted by molar-refractivity contribution is -0.168. The predicted octanol–water partition coefficient (Wildman–Crippen LogP) is 4.02. The molecule has 0 saturated heterocycles. The molecule has 1 atom stereocenters. The highest BCUT2D eigenvalue weighted by Crippen LogP contribution is 2.46. The average Bonchev–Trinajstić information content (AvgIpc) is 3.36. The van der Waals surface area contributed by atoms with Gasteiger partial charge in [0.05, 0.1) is 19.0 Å². The molecule has 0 radical (unpaired) electrons. The number of nitrogens with zero attached hydrogens (tertiary/aromatic N) is 4. The van der Waals surface area contributed by atoms with Gasteiger partial charge in [-0.1, -0.05) is 72.8 Å². The first-order valence-corrected chi connectivity index (χ1v) is 12.2. The van der Waals surface area contributed by atoms with E-state index in [1.165, 1.54) is 6.33 Å². The van der Waals surface area contributed by atoms with E-state index in [-0.39, 0.29) is 0 Å². The number of fused-ring (bicyclic) bond motifs is 1. The van der Waals surface area contributed by atoms with Gasteiger partial charge in [-0.3, -0.25) is 0 Å². The molecule has 1 unspecified atom stereocenters. The second kappa shape index (κ2) is 10.3. The smallest absolute Gasteiger partial charge is 0.190 e. The Morgan fingerprint density at radius 1 is 1.00 bits per heavy atom. The van der Waals surface area contributed by atoms with Gasteiger partial charge in [-0.15, -0.1) is 0 Å². The monoisotopic (exact) mass is 497 g/mol. The fraction of sp³-hybridized carbons (Fsp3) is 0.276. The Balaban J connectivity index is 1.59. The molecule has 2 heterocycles. The van der Waals surface area contributed by atoms with Crippen LogP contribution in [0.3, 0.4) is 0 Å². The Morgan fingerprint density at radius 2 is 1.65 bits per heavy atom. The largest absolute Gasteiger partial charge is 0.391 e. The van der Waals surface area contributed by atoms with Gasteiger partial charge in [0.2, 0.25) is 0 Å². The SMILES string of the molecule is COC1(OC)C=CC(C(CC(O)Cn2cnc3c(N)ncnc32)(c2ccccc2)c2ccccc2)=CC1. The van der Waals surface area contributed by atoms with Gasteiger partial charge in [0.1, 0.15) is 11.8 Å². The Hall–Kier alpha value is -3.85. The van der Waals surface area contributed by atoms with Crippen molar-refractivity contribution >= 4 is 17.0 Å². The van der Waals surface area contributed by atoms with Crippen molar-refractivity contribution in [2.75, 3.05) is 20.0 Å². The minimum atomic E-state index is -0.809. The van der Waals surface area contributed by atoms with Gasteiger partial charge in [0, 0.05) is 26.1 Å². The zero-order valence-corrected chi connectivity index (χ0v) is 21.0. The number of ether oxygens (including phenoxy) is 2. The van der Waals surface area contributed by atoms with Crippen LogP contribution in [-0.4, -0.2) is 50.7 Å². The quantitative estimate of drug-likeness (QED) is 0.336. The molecular formula is C29H31N5O3. The lowest BCUT2D eigenvalue weighted by atomic mass is 9.64. The maximum Gasteiger partial charge on any atom is 0.190 e. The highest BCUT2D eigenvalue weighted by molar-refractivity contribution is 5.81. The van der Waals surface area contributed by atoms with Crippen molar-refractivity contribution in [3.8, 4) is 0 Å². The summed E-state index contributed by atoms with van der Waals surface area (Å²) in [6.07, 6.45) is 9.46. The van der Waals surface area contributed by atoms with Crippen LogP contribution in [0, 0.1) is 0 Å². The van der Waals surface area contributed by atoms with Gasteiger partial charge in [0.25, 0.3) is 0 Å². The number of rotatable bonds is 9. The number of anilines is 1. The minimum absolute atomic E-state index is 0.297. The van der Waals surface area contributed by atoms with Gasteiger partial charge < -0.3 is 24.9 Å². The number of allylic oxidation sites excluding steroid dienone is 2. The summed E-state index contributed by atoms with van der Waals surface area (Å²) in [5, 5.41) is 11.6. The number of aliphatic hydroxyl groups excluding tert-OH is 1. The van der Waals surface area contributed by atoms with E-state index in [2.05, 4.69) is 51.4 Å². The standard InChI is InChI=1S/C29H31N5O3/c1-36-28(37-2)15-13-23(14-16-28)29(21-9-5-3-6-10-21,22-11-7-4-8-12-22)17-24(35)18-34-20-33-25-26(30)31-19-32-27(25)34/h3-15,19-20,24,35H,16-18H2,1-2H3,(H2,30,31,32). The number of hydrogen-bond acceptors (Lipinski definition) is 7. The summed E-state index contributed by atoms with van der Waals surface area (Å²) >= 11 is 0. The van der Waals surface area contributed by atoms with Crippen molar-refractivity contribution in [1.29, 1.82) is 0 Å². The molecule has 0 amide bonds. The van der Waals surface area contributed by atoms with Crippen LogP contribution < -0.4 is 5.73 Å². The summed E-state index contributed by atoms with van der Waals surface area (Å²) in [4.78, 5) is 12.7. The average molecular weight is 498 g/mol. The molecular weight excluding hydrogens is 466 g/mol. The fourth-order valence-corrected chi connectivity index (χ4v) is 5.28. The molecule has 190 valence electrons. The Bertz CT molecular complexity index is 1370. The number of aromatic nitrogens is 4. The van der Waals surface area contributed by atoms with Crippen molar-refractivity contribution in [2.45, 2.75) is 36.7 Å². The van der Waals surface area contributed by atoms with Crippen LogP contribution in [0.15, 0.2) is 97.1 Å². The number of hydrogen-bond donors (Lipinski definition) is 2. The number of benzene rings is 2. The van der Waals surface area contributed by atoms with Crippen LogP contribution in [0.4, 0.5) is 5.82 Å². The summed E-state index contributed by atoms with van der Waals surface area (Å²) in [5.74, 6) is -0.491. The summed E-state index contributed by atoms with van der Waals surface area (Å²) in [6, 6.07) is 20.6. The molecule has 8 nitrogen and oxygen atoms in total. The van der Waals surface area contributed by atoms with Crippen LogP contribution >= 0.6 is 0 Å². The molecule has 0 bridgehead atoms. The molecule has 1 aliphatic carbocycles. The minimum Gasteiger partial charge on any atom is -0.391 e. The van der Waals surface area contributed by atoms with Crippen molar-refractivity contribution in [3.05, 3.63) is 108 Å². The van der Waals surface area contributed by atoms with E-state index in [0.29, 0.717) is 36.4 Å². The van der Waals surface area contributed by atoms with Crippen LogP contribution in [0.2, 0.25) is 0 Å². The first kappa shape index (κ1) is 24.8. The molecule has 8 heteroatoms. The second-order valence-corrected chi connectivity index (χ2v) is 9.24. The lowest BCUT2D eigenvalue weighted by Gasteiger charge is -2.41. The van der Waals surface area contributed by atoms with Crippen molar-refractivity contribution in [2.24, 2.45) is 0 Å². The number of imidazole rings is 1. The summed E-state index contributed by atoms with van der Waals surface area (Å²) in [6.45, 7) is 0.297. The molecule has 5 rings (SSSR count). The van der Waals surface area contributed by atoms with E-state index < -0.39 is 17.3 Å². The number of nitrogen functional groups attached to an aromatic ring is 1. The zero-order chi connectivity index (χ0) is 25.9. The van der Waals surface area contributed by atoms with Crippen molar-refractivity contribution in [3.63, 3.8) is 0 Å². The molecule has 2 aromatic carbocycles. The summed E-state index contributed by atoms with van der Waals surface area (Å²) in [7, 11) is 3.29. The third-order valence-electron chi connectivity index (χ3n) is 7.22. The fourth-order valence-electron chi connectivity index (χ4n) is 5.28. The van der Waals surface area contributed by atoms with Crippen LogP contribution in [0.25, 0.3) is 11.2 Å². The highest BCUT2D eigenvalue weighted by atomic mass is 16.7. The molecule has 0 fully saturated rings. The van der Waals surface area contributed by atoms with E-state index >= 15 is 0 Å². The molecule has 0 spiro atoms. The van der Waals surface area contributed by atoms with Crippen LogP contribution in [0.5, 0.6) is 0 Å². The van der Waals surface area contributed by atoms with Gasteiger partial charge >= 0.3 is 0 Å². The van der Waals surface area contributed by atoms with Gasteiger partial charge in [-0.25, -0.2) is 15.0 Å². The van der Waals surface area contributed by atoms with Crippen molar-refractivity contribution < 1.29 is 14.6 Å². The van der Waals surface area contributed by atoms with E-state index in [0.717, 1.165) is 16.7 Å². The first-order chi connectivity index (χ1) is 18.0. The molecule has 0 saturated carbocycles. The van der Waals surface area contributed by atoms with E-state index in [1.807, 2.05) is 47.0 Å². The Kier molecular flexibility index (Phi) is 6.88. The second-order valence-electron chi connectivity index (χ2n) is 9.24. The van der Waals surface area contributed by atoms with E-state index in [1.54, 1.807) is 20.5 Å². The number of methoxy groups -OCH3 is 2. The molecule has 4 aromatic rings. The van der Waals surface area contributed by atoms with E-state index in [9.17, 15) is 5.11 Å². The topological polar surface area (TPSA) is 108 Å². The molecule has 2 aromatic heterocycles. The van der Waals surface area contributed by atoms with E-state index in [4.69, 9.17) is 15.2 Å². The number of aliphatic hydroxyl groups is 1. The molecule has 37 heavy (non-hydrogen) atoms. The molecule has 3 N–H and O–H groups in total. The summed E-state index contributed by atoms with van der Waals surface area (Å²) < 4.78 is 13.2.